The zero-order valence-electron chi connectivity index (χ0n) is 12.8. The molecule has 1 aromatic carbocycles. The van der Waals surface area contributed by atoms with E-state index in [-0.39, 0.29) is 11.5 Å². The molecule has 0 aliphatic carbocycles. The standard InChI is InChI=1S/C18H23NO2/c1-3-12(2)16-17(13-8-10-19-11-9-13)14-6-4-5-7-15(14)21-18(16)20/h4-7,12-13,19H,3,8-11H2,1-2H3. The number of para-hydroxylation sites is 1. The summed E-state index contributed by atoms with van der Waals surface area (Å²) in [6.07, 6.45) is 3.15. The van der Waals surface area contributed by atoms with Crippen LogP contribution in [0.2, 0.25) is 0 Å². The van der Waals surface area contributed by atoms with Gasteiger partial charge in [0.2, 0.25) is 0 Å². The minimum atomic E-state index is -0.142. The lowest BCUT2D eigenvalue weighted by Crippen LogP contribution is -2.28. The molecule has 1 saturated heterocycles. The Morgan fingerprint density at radius 1 is 1.29 bits per heavy atom. The highest BCUT2D eigenvalue weighted by Gasteiger charge is 2.26. The minimum Gasteiger partial charge on any atom is -0.423 e. The Kier molecular flexibility index (Phi) is 4.11. The highest BCUT2D eigenvalue weighted by Crippen LogP contribution is 2.36. The van der Waals surface area contributed by atoms with E-state index in [0.29, 0.717) is 5.92 Å². The average Bonchev–Trinajstić information content (AvgIpc) is 2.53. The second kappa shape index (κ2) is 6.02. The number of piperidine rings is 1. The second-order valence-electron chi connectivity index (χ2n) is 6.05. The first kappa shape index (κ1) is 14.3. The van der Waals surface area contributed by atoms with Crippen LogP contribution in [-0.4, -0.2) is 13.1 Å². The molecule has 3 heteroatoms. The van der Waals surface area contributed by atoms with Crippen LogP contribution in [0.25, 0.3) is 11.0 Å². The predicted molar refractivity (Wildman–Crippen MR) is 86.0 cm³/mol. The van der Waals surface area contributed by atoms with E-state index in [9.17, 15) is 4.79 Å². The van der Waals surface area contributed by atoms with Crippen molar-refractivity contribution >= 4 is 11.0 Å². The van der Waals surface area contributed by atoms with Crippen molar-refractivity contribution in [3.05, 3.63) is 45.8 Å². The van der Waals surface area contributed by atoms with Crippen LogP contribution in [0.5, 0.6) is 0 Å². The van der Waals surface area contributed by atoms with Crippen molar-refractivity contribution in [2.45, 2.75) is 44.9 Å². The molecule has 21 heavy (non-hydrogen) atoms. The van der Waals surface area contributed by atoms with E-state index >= 15 is 0 Å². The zero-order chi connectivity index (χ0) is 14.8. The quantitative estimate of drug-likeness (QED) is 0.873. The van der Waals surface area contributed by atoms with Crippen LogP contribution in [-0.2, 0) is 0 Å². The van der Waals surface area contributed by atoms with Crippen LogP contribution in [0.15, 0.2) is 33.5 Å². The van der Waals surface area contributed by atoms with Crippen molar-refractivity contribution in [2.24, 2.45) is 0 Å². The van der Waals surface area contributed by atoms with Crippen molar-refractivity contribution in [1.82, 2.24) is 5.32 Å². The van der Waals surface area contributed by atoms with Gasteiger partial charge in [-0.1, -0.05) is 32.0 Å². The molecular weight excluding hydrogens is 262 g/mol. The Morgan fingerprint density at radius 2 is 2.00 bits per heavy atom. The lowest BCUT2D eigenvalue weighted by atomic mass is 9.82. The van der Waals surface area contributed by atoms with Crippen molar-refractivity contribution in [3.8, 4) is 0 Å². The first-order valence-corrected chi connectivity index (χ1v) is 7.98. The van der Waals surface area contributed by atoms with E-state index in [4.69, 9.17) is 4.42 Å². The van der Waals surface area contributed by atoms with Crippen LogP contribution in [0.3, 0.4) is 0 Å². The van der Waals surface area contributed by atoms with Gasteiger partial charge >= 0.3 is 5.63 Å². The summed E-state index contributed by atoms with van der Waals surface area (Å²) in [6.45, 7) is 6.31. The smallest absolute Gasteiger partial charge is 0.340 e. The third-order valence-electron chi connectivity index (χ3n) is 4.74. The van der Waals surface area contributed by atoms with Crippen LogP contribution >= 0.6 is 0 Å². The maximum Gasteiger partial charge on any atom is 0.340 e. The fourth-order valence-electron chi connectivity index (χ4n) is 3.41. The molecule has 112 valence electrons. The van der Waals surface area contributed by atoms with Gasteiger partial charge in [0.15, 0.2) is 0 Å². The molecule has 1 aliphatic rings. The van der Waals surface area contributed by atoms with Gasteiger partial charge in [-0.2, -0.15) is 0 Å². The largest absolute Gasteiger partial charge is 0.423 e. The zero-order valence-corrected chi connectivity index (χ0v) is 12.8. The fraction of sp³-hybridized carbons (Fsp3) is 0.500. The van der Waals surface area contributed by atoms with Gasteiger partial charge in [-0.15, -0.1) is 0 Å². The van der Waals surface area contributed by atoms with Gasteiger partial charge in [0.25, 0.3) is 0 Å². The Hall–Kier alpha value is -1.61. The Bertz CT molecular complexity index is 683. The molecule has 1 aromatic heterocycles. The highest BCUT2D eigenvalue weighted by molar-refractivity contribution is 5.82. The van der Waals surface area contributed by atoms with Crippen molar-refractivity contribution < 1.29 is 4.42 Å². The number of fused-ring (bicyclic) bond motifs is 1. The maximum atomic E-state index is 12.5. The van der Waals surface area contributed by atoms with E-state index in [0.717, 1.165) is 48.9 Å². The molecular formula is C18H23NO2. The van der Waals surface area contributed by atoms with Gasteiger partial charge in [-0.05, 0) is 55.8 Å². The summed E-state index contributed by atoms with van der Waals surface area (Å²) in [4.78, 5) is 12.5. The van der Waals surface area contributed by atoms with E-state index in [2.05, 4.69) is 25.2 Å². The molecule has 0 bridgehead atoms. The molecule has 1 N–H and O–H groups in total. The molecule has 0 radical (unpaired) electrons. The first-order valence-electron chi connectivity index (χ1n) is 7.98. The molecule has 1 fully saturated rings. The van der Waals surface area contributed by atoms with Crippen molar-refractivity contribution in [2.75, 3.05) is 13.1 Å². The van der Waals surface area contributed by atoms with Gasteiger partial charge in [0.05, 0.1) is 0 Å². The predicted octanol–water partition coefficient (Wildman–Crippen LogP) is 3.77. The molecule has 1 aliphatic heterocycles. The molecule has 3 rings (SSSR count). The summed E-state index contributed by atoms with van der Waals surface area (Å²) in [6, 6.07) is 7.97. The summed E-state index contributed by atoms with van der Waals surface area (Å²) in [5, 5.41) is 4.53. The minimum absolute atomic E-state index is 0.142. The number of hydrogen-bond donors (Lipinski definition) is 1. The van der Waals surface area contributed by atoms with Gasteiger partial charge < -0.3 is 9.73 Å². The number of nitrogens with one attached hydrogen (secondary N) is 1. The molecule has 1 unspecified atom stereocenters. The number of rotatable bonds is 3. The summed E-state index contributed by atoms with van der Waals surface area (Å²) in [5.74, 6) is 0.708. The molecule has 0 amide bonds. The van der Waals surface area contributed by atoms with Crippen LogP contribution < -0.4 is 10.9 Å². The van der Waals surface area contributed by atoms with Crippen LogP contribution in [0, 0.1) is 0 Å². The molecule has 2 heterocycles. The molecule has 2 aromatic rings. The van der Waals surface area contributed by atoms with Crippen molar-refractivity contribution in [1.29, 1.82) is 0 Å². The summed E-state index contributed by atoms with van der Waals surface area (Å²) in [5.41, 5.74) is 2.74. The van der Waals surface area contributed by atoms with Crippen LogP contribution in [0.4, 0.5) is 0 Å². The van der Waals surface area contributed by atoms with Gasteiger partial charge in [0, 0.05) is 10.9 Å². The average molecular weight is 285 g/mol. The Morgan fingerprint density at radius 3 is 2.71 bits per heavy atom. The number of benzene rings is 1. The molecule has 0 saturated carbocycles. The molecule has 3 nitrogen and oxygen atoms in total. The maximum absolute atomic E-state index is 12.5. The third-order valence-corrected chi connectivity index (χ3v) is 4.74. The summed E-state index contributed by atoms with van der Waals surface area (Å²) < 4.78 is 5.58. The molecule has 1 atom stereocenters. The fourth-order valence-corrected chi connectivity index (χ4v) is 3.41. The van der Waals surface area contributed by atoms with E-state index in [1.807, 2.05) is 18.2 Å². The summed E-state index contributed by atoms with van der Waals surface area (Å²) >= 11 is 0. The Balaban J connectivity index is 2.27. The Labute approximate surface area is 125 Å². The van der Waals surface area contributed by atoms with Crippen LogP contribution in [0.1, 0.15) is 56.1 Å². The van der Waals surface area contributed by atoms with E-state index in [1.54, 1.807) is 0 Å². The van der Waals surface area contributed by atoms with E-state index in [1.165, 1.54) is 5.56 Å². The van der Waals surface area contributed by atoms with Gasteiger partial charge in [-0.3, -0.25) is 0 Å². The topological polar surface area (TPSA) is 42.2 Å². The lowest BCUT2D eigenvalue weighted by Gasteiger charge is -2.27. The SMILES string of the molecule is CCC(C)c1c(C2CCNCC2)c2ccccc2oc1=O. The van der Waals surface area contributed by atoms with Gasteiger partial charge in [-0.25, -0.2) is 4.79 Å². The van der Waals surface area contributed by atoms with E-state index < -0.39 is 0 Å². The normalized spacial score (nSPS) is 18.0. The molecule has 0 spiro atoms. The highest BCUT2D eigenvalue weighted by atomic mass is 16.4. The van der Waals surface area contributed by atoms with Gasteiger partial charge in [0.1, 0.15) is 5.58 Å². The second-order valence-corrected chi connectivity index (χ2v) is 6.05. The third kappa shape index (κ3) is 2.62. The summed E-state index contributed by atoms with van der Waals surface area (Å²) in [7, 11) is 0. The first-order chi connectivity index (χ1) is 10.2. The lowest BCUT2D eigenvalue weighted by molar-refractivity contribution is 0.450. The monoisotopic (exact) mass is 285 g/mol. The number of hydrogen-bond acceptors (Lipinski definition) is 3. The van der Waals surface area contributed by atoms with Crippen molar-refractivity contribution in [3.63, 3.8) is 0 Å².